The van der Waals surface area contributed by atoms with Gasteiger partial charge in [0, 0.05) is 18.7 Å². The molecule has 0 spiro atoms. The summed E-state index contributed by atoms with van der Waals surface area (Å²) in [5.74, 6) is 1.19. The van der Waals surface area contributed by atoms with Gasteiger partial charge in [0.05, 0.1) is 0 Å². The molecule has 0 radical (unpaired) electrons. The van der Waals surface area contributed by atoms with E-state index < -0.39 is 0 Å². The second-order valence-electron chi connectivity index (χ2n) is 4.04. The zero-order chi connectivity index (χ0) is 12.3. The van der Waals surface area contributed by atoms with Crippen LogP contribution in [-0.2, 0) is 6.42 Å². The standard InChI is InChI=1S/C12H16N4O/c1-8-6-9(2)14-10(7-8)12-15-11(16-17-12)4-5-13-3/h6-7,13H,4-5H2,1-3H3. The summed E-state index contributed by atoms with van der Waals surface area (Å²) in [6.07, 6.45) is 0.755. The van der Waals surface area contributed by atoms with Gasteiger partial charge >= 0.3 is 0 Å². The number of pyridine rings is 1. The molecule has 1 N–H and O–H groups in total. The molecule has 5 heteroatoms. The van der Waals surface area contributed by atoms with Crippen molar-refractivity contribution in [2.24, 2.45) is 0 Å². The van der Waals surface area contributed by atoms with Gasteiger partial charge in [0.15, 0.2) is 5.82 Å². The summed E-state index contributed by atoms with van der Waals surface area (Å²) >= 11 is 0. The molecule has 0 atom stereocenters. The van der Waals surface area contributed by atoms with Crippen molar-refractivity contribution < 1.29 is 4.52 Å². The van der Waals surface area contributed by atoms with Crippen molar-refractivity contribution in [1.82, 2.24) is 20.4 Å². The van der Waals surface area contributed by atoms with Crippen LogP contribution in [0.2, 0.25) is 0 Å². The van der Waals surface area contributed by atoms with E-state index >= 15 is 0 Å². The van der Waals surface area contributed by atoms with Gasteiger partial charge in [-0.25, -0.2) is 4.98 Å². The Morgan fingerprint density at radius 1 is 1.24 bits per heavy atom. The lowest BCUT2D eigenvalue weighted by Gasteiger charge is -1.98. The van der Waals surface area contributed by atoms with E-state index in [4.69, 9.17) is 4.52 Å². The van der Waals surface area contributed by atoms with Crippen molar-refractivity contribution in [3.8, 4) is 11.6 Å². The normalized spacial score (nSPS) is 10.8. The van der Waals surface area contributed by atoms with Gasteiger partial charge in [-0.3, -0.25) is 0 Å². The summed E-state index contributed by atoms with van der Waals surface area (Å²) in [6, 6.07) is 3.96. The predicted octanol–water partition coefficient (Wildman–Crippen LogP) is 1.51. The van der Waals surface area contributed by atoms with Gasteiger partial charge in [0.1, 0.15) is 5.69 Å². The molecule has 2 aromatic rings. The minimum Gasteiger partial charge on any atom is -0.332 e. The summed E-state index contributed by atoms with van der Waals surface area (Å²) in [5.41, 5.74) is 2.84. The van der Waals surface area contributed by atoms with Crippen LogP contribution in [0.1, 0.15) is 17.1 Å². The first-order valence-electron chi connectivity index (χ1n) is 5.62. The molecule has 17 heavy (non-hydrogen) atoms. The Balaban J connectivity index is 2.24. The Bertz CT molecular complexity index is 487. The molecule has 90 valence electrons. The van der Waals surface area contributed by atoms with Crippen molar-refractivity contribution in [3.05, 3.63) is 29.2 Å². The molecule has 0 saturated carbocycles. The number of hydrogen-bond donors (Lipinski definition) is 1. The number of likely N-dealkylation sites (N-methyl/N-ethyl adjacent to an activating group) is 1. The van der Waals surface area contributed by atoms with Gasteiger partial charge in [-0.1, -0.05) is 5.16 Å². The van der Waals surface area contributed by atoms with Crippen LogP contribution in [0.5, 0.6) is 0 Å². The van der Waals surface area contributed by atoms with Crippen LogP contribution in [0, 0.1) is 13.8 Å². The largest absolute Gasteiger partial charge is 0.332 e. The highest BCUT2D eigenvalue weighted by Crippen LogP contribution is 2.16. The quantitative estimate of drug-likeness (QED) is 0.865. The summed E-state index contributed by atoms with van der Waals surface area (Å²) in [4.78, 5) is 8.71. The van der Waals surface area contributed by atoms with Crippen LogP contribution in [0.3, 0.4) is 0 Å². The fourth-order valence-corrected chi connectivity index (χ4v) is 1.65. The first kappa shape index (κ1) is 11.7. The molecule has 2 rings (SSSR count). The summed E-state index contributed by atoms with van der Waals surface area (Å²) < 4.78 is 5.21. The van der Waals surface area contributed by atoms with E-state index in [-0.39, 0.29) is 0 Å². The van der Waals surface area contributed by atoms with Crippen molar-refractivity contribution in [1.29, 1.82) is 0 Å². The molecule has 0 amide bonds. The van der Waals surface area contributed by atoms with E-state index in [1.165, 1.54) is 0 Å². The van der Waals surface area contributed by atoms with E-state index in [1.54, 1.807) is 0 Å². The van der Waals surface area contributed by atoms with Gasteiger partial charge < -0.3 is 9.84 Å². The third-order valence-corrected chi connectivity index (χ3v) is 2.38. The lowest BCUT2D eigenvalue weighted by atomic mass is 10.2. The Labute approximate surface area is 100 Å². The molecular formula is C12H16N4O. The van der Waals surface area contributed by atoms with Crippen LogP contribution in [-0.4, -0.2) is 28.7 Å². The Kier molecular flexibility index (Phi) is 3.49. The SMILES string of the molecule is CNCCc1noc(-c2cc(C)cc(C)n2)n1. The molecule has 0 unspecified atom stereocenters. The van der Waals surface area contributed by atoms with E-state index in [1.807, 2.05) is 33.0 Å². The molecule has 5 nitrogen and oxygen atoms in total. The molecule has 0 fully saturated rings. The maximum atomic E-state index is 5.21. The van der Waals surface area contributed by atoms with Crippen molar-refractivity contribution in [3.63, 3.8) is 0 Å². The average molecular weight is 232 g/mol. The van der Waals surface area contributed by atoms with Crippen LogP contribution in [0.25, 0.3) is 11.6 Å². The lowest BCUT2D eigenvalue weighted by Crippen LogP contribution is -2.11. The van der Waals surface area contributed by atoms with Crippen molar-refractivity contribution in [2.75, 3.05) is 13.6 Å². The number of rotatable bonds is 4. The van der Waals surface area contributed by atoms with Gasteiger partial charge in [0.25, 0.3) is 5.89 Å². The fourth-order valence-electron chi connectivity index (χ4n) is 1.65. The molecule has 0 saturated heterocycles. The zero-order valence-electron chi connectivity index (χ0n) is 10.3. The molecule has 2 heterocycles. The summed E-state index contributed by atoms with van der Waals surface area (Å²) in [7, 11) is 1.90. The third-order valence-electron chi connectivity index (χ3n) is 2.38. The molecule has 0 aliphatic heterocycles. The van der Waals surface area contributed by atoms with Crippen LogP contribution >= 0.6 is 0 Å². The highest BCUT2D eigenvalue weighted by molar-refractivity contribution is 5.48. The number of nitrogens with one attached hydrogen (secondary N) is 1. The van der Waals surface area contributed by atoms with Crippen LogP contribution in [0.4, 0.5) is 0 Å². The topological polar surface area (TPSA) is 63.8 Å². The van der Waals surface area contributed by atoms with Crippen LogP contribution < -0.4 is 5.32 Å². The number of aromatic nitrogens is 3. The first-order valence-corrected chi connectivity index (χ1v) is 5.62. The Morgan fingerprint density at radius 2 is 2.06 bits per heavy atom. The smallest absolute Gasteiger partial charge is 0.276 e. The maximum Gasteiger partial charge on any atom is 0.276 e. The maximum absolute atomic E-state index is 5.21. The summed E-state index contributed by atoms with van der Waals surface area (Å²) in [5, 5.41) is 6.97. The second kappa shape index (κ2) is 5.05. The predicted molar refractivity (Wildman–Crippen MR) is 64.6 cm³/mol. The zero-order valence-corrected chi connectivity index (χ0v) is 10.3. The average Bonchev–Trinajstić information content (AvgIpc) is 2.73. The first-order chi connectivity index (χ1) is 8.19. The van der Waals surface area contributed by atoms with Crippen molar-refractivity contribution >= 4 is 0 Å². The Hall–Kier alpha value is -1.75. The Morgan fingerprint density at radius 3 is 2.76 bits per heavy atom. The fraction of sp³-hybridized carbons (Fsp3) is 0.417. The lowest BCUT2D eigenvalue weighted by molar-refractivity contribution is 0.420. The molecule has 0 aliphatic carbocycles. The monoisotopic (exact) mass is 232 g/mol. The molecular weight excluding hydrogens is 216 g/mol. The van der Waals surface area contributed by atoms with Crippen LogP contribution in [0.15, 0.2) is 16.7 Å². The van der Waals surface area contributed by atoms with E-state index in [9.17, 15) is 0 Å². The van der Waals surface area contributed by atoms with Gasteiger partial charge in [-0.2, -0.15) is 4.98 Å². The highest BCUT2D eigenvalue weighted by Gasteiger charge is 2.10. The van der Waals surface area contributed by atoms with E-state index in [0.717, 1.165) is 29.9 Å². The summed E-state index contributed by atoms with van der Waals surface area (Å²) in [6.45, 7) is 4.81. The number of hydrogen-bond acceptors (Lipinski definition) is 5. The van der Waals surface area contributed by atoms with Crippen molar-refractivity contribution in [2.45, 2.75) is 20.3 Å². The molecule has 0 aliphatic rings. The number of nitrogens with zero attached hydrogens (tertiary/aromatic N) is 3. The van der Waals surface area contributed by atoms with Gasteiger partial charge in [-0.15, -0.1) is 0 Å². The molecule has 0 aromatic carbocycles. The van der Waals surface area contributed by atoms with Gasteiger partial charge in [0.2, 0.25) is 0 Å². The van der Waals surface area contributed by atoms with E-state index in [0.29, 0.717) is 11.7 Å². The minimum absolute atomic E-state index is 0.489. The second-order valence-corrected chi connectivity index (χ2v) is 4.04. The van der Waals surface area contributed by atoms with E-state index in [2.05, 4.69) is 20.4 Å². The van der Waals surface area contributed by atoms with Gasteiger partial charge in [-0.05, 0) is 38.6 Å². The minimum atomic E-state index is 0.489. The molecule has 0 bridgehead atoms. The molecule has 2 aromatic heterocycles. The highest BCUT2D eigenvalue weighted by atomic mass is 16.5. The number of aryl methyl sites for hydroxylation is 2. The third kappa shape index (κ3) is 2.88.